The summed E-state index contributed by atoms with van der Waals surface area (Å²) < 4.78 is 0. The van der Waals surface area contributed by atoms with Crippen molar-refractivity contribution < 1.29 is 0 Å². The third kappa shape index (κ3) is 4.75. The number of aliphatic imine (C=N–C) groups is 1. The summed E-state index contributed by atoms with van der Waals surface area (Å²) in [5, 5.41) is 0. The molecule has 3 aromatic carbocycles. The smallest absolute Gasteiger partial charge is 0.0652 e. The molecule has 0 bridgehead atoms. The minimum absolute atomic E-state index is 0.466. The molecule has 1 aliphatic carbocycles. The van der Waals surface area contributed by atoms with E-state index < -0.39 is 0 Å². The van der Waals surface area contributed by atoms with Gasteiger partial charge in [-0.1, -0.05) is 54.6 Å². The van der Waals surface area contributed by atoms with Gasteiger partial charge in [0, 0.05) is 48.2 Å². The van der Waals surface area contributed by atoms with Crippen LogP contribution < -0.4 is 9.80 Å². The highest BCUT2D eigenvalue weighted by Gasteiger charge is 2.39. The van der Waals surface area contributed by atoms with Crippen molar-refractivity contribution in [2.24, 2.45) is 4.99 Å². The number of anilines is 2. The molecule has 1 fully saturated rings. The molecule has 2 atom stereocenters. The molecule has 0 radical (unpaired) electrons. The van der Waals surface area contributed by atoms with Gasteiger partial charge in [-0.3, -0.25) is 4.99 Å². The molecule has 37 heavy (non-hydrogen) atoms. The van der Waals surface area contributed by atoms with E-state index in [-0.39, 0.29) is 0 Å². The summed E-state index contributed by atoms with van der Waals surface area (Å²) >= 11 is 0. The molecule has 3 aromatic rings. The molecule has 190 valence electrons. The Bertz CT molecular complexity index is 1330. The predicted molar refractivity (Wildman–Crippen MR) is 161 cm³/mol. The van der Waals surface area contributed by atoms with Crippen molar-refractivity contribution in [2.75, 3.05) is 22.9 Å². The van der Waals surface area contributed by atoms with Gasteiger partial charge in [0.25, 0.3) is 0 Å². The molecule has 2 aliphatic rings. The Morgan fingerprint density at radius 3 is 1.95 bits per heavy atom. The lowest BCUT2D eigenvalue weighted by atomic mass is 9.83. The van der Waals surface area contributed by atoms with Crippen LogP contribution in [0.3, 0.4) is 0 Å². The third-order valence-electron chi connectivity index (χ3n) is 7.89. The molecule has 5 rings (SSSR count). The summed E-state index contributed by atoms with van der Waals surface area (Å²) in [5.41, 5.74) is 11.1. The Labute approximate surface area is 222 Å². The molecule has 3 nitrogen and oxygen atoms in total. The zero-order valence-corrected chi connectivity index (χ0v) is 23.1. The lowest BCUT2D eigenvalue weighted by Crippen LogP contribution is -2.30. The van der Waals surface area contributed by atoms with E-state index in [0.717, 1.165) is 18.8 Å². The first-order valence-electron chi connectivity index (χ1n) is 13.8. The summed E-state index contributed by atoms with van der Waals surface area (Å²) in [4.78, 5) is 9.67. The Balaban J connectivity index is 1.66. The Morgan fingerprint density at radius 1 is 0.811 bits per heavy atom. The van der Waals surface area contributed by atoms with Gasteiger partial charge in [0.15, 0.2) is 0 Å². The summed E-state index contributed by atoms with van der Waals surface area (Å²) in [6.07, 6.45) is 4.44. The van der Waals surface area contributed by atoms with Gasteiger partial charge in [0.05, 0.1) is 5.71 Å². The van der Waals surface area contributed by atoms with Crippen LogP contribution in [0.15, 0.2) is 89.9 Å². The lowest BCUT2D eigenvalue weighted by Gasteiger charge is -2.28. The van der Waals surface area contributed by atoms with Crippen molar-refractivity contribution in [1.82, 2.24) is 0 Å². The molecule has 0 aromatic heterocycles. The van der Waals surface area contributed by atoms with E-state index in [1.165, 1.54) is 44.8 Å². The molecule has 3 heteroatoms. The Morgan fingerprint density at radius 2 is 1.41 bits per heavy atom. The van der Waals surface area contributed by atoms with Crippen molar-refractivity contribution in [3.05, 3.63) is 107 Å². The molecule has 0 N–H and O–H groups in total. The standard InChI is InChI=1S/C34H39N3/c1-7-35-33-22-21-32(30-11-9-10-12-31(30)33)34(26-13-17-28(18-14-26)36(8-2)23(3)4)27-15-19-29(20-16-27)37-24(5)25(37)6/h9-25H,7-8H2,1-6H3. The van der Waals surface area contributed by atoms with Gasteiger partial charge < -0.3 is 9.80 Å². The molecule has 1 saturated heterocycles. The first kappa shape index (κ1) is 25.1. The summed E-state index contributed by atoms with van der Waals surface area (Å²) in [7, 11) is 0. The van der Waals surface area contributed by atoms with Crippen molar-refractivity contribution in [2.45, 2.75) is 59.7 Å². The van der Waals surface area contributed by atoms with E-state index in [1.54, 1.807) is 0 Å². The zero-order valence-electron chi connectivity index (χ0n) is 23.1. The normalized spacial score (nSPS) is 20.8. The molecular formula is C34H39N3. The minimum Gasteiger partial charge on any atom is -0.369 e. The fourth-order valence-corrected chi connectivity index (χ4v) is 5.73. The van der Waals surface area contributed by atoms with E-state index in [2.05, 4.69) is 136 Å². The van der Waals surface area contributed by atoms with Gasteiger partial charge in [-0.2, -0.15) is 0 Å². The highest BCUT2D eigenvalue weighted by atomic mass is 15.3. The highest BCUT2D eigenvalue weighted by molar-refractivity contribution is 6.19. The zero-order chi connectivity index (χ0) is 26.1. The number of benzene rings is 3. The van der Waals surface area contributed by atoms with E-state index in [1.807, 2.05) is 0 Å². The fourth-order valence-electron chi connectivity index (χ4n) is 5.73. The van der Waals surface area contributed by atoms with Crippen molar-refractivity contribution in [3.63, 3.8) is 0 Å². The monoisotopic (exact) mass is 489 g/mol. The molecule has 2 unspecified atom stereocenters. The maximum atomic E-state index is 4.77. The van der Waals surface area contributed by atoms with Gasteiger partial charge >= 0.3 is 0 Å². The second kappa shape index (κ2) is 10.4. The highest BCUT2D eigenvalue weighted by Crippen LogP contribution is 2.40. The average molecular weight is 490 g/mol. The maximum absolute atomic E-state index is 4.77. The topological polar surface area (TPSA) is 18.6 Å². The predicted octanol–water partition coefficient (Wildman–Crippen LogP) is 7.86. The number of fused-ring (bicyclic) bond motifs is 1. The largest absolute Gasteiger partial charge is 0.369 e. The van der Waals surface area contributed by atoms with Crippen molar-refractivity contribution in [3.8, 4) is 0 Å². The van der Waals surface area contributed by atoms with Crippen LogP contribution in [0, 0.1) is 0 Å². The van der Waals surface area contributed by atoms with Crippen LogP contribution in [0.5, 0.6) is 0 Å². The van der Waals surface area contributed by atoms with Crippen LogP contribution in [0.2, 0.25) is 0 Å². The minimum atomic E-state index is 0.466. The number of hydrogen-bond donors (Lipinski definition) is 0. The third-order valence-corrected chi connectivity index (χ3v) is 7.89. The van der Waals surface area contributed by atoms with Crippen molar-refractivity contribution in [1.29, 1.82) is 0 Å². The molecule has 0 spiro atoms. The van der Waals surface area contributed by atoms with Crippen LogP contribution in [0.25, 0.3) is 11.1 Å². The number of hydrogen-bond acceptors (Lipinski definition) is 3. The van der Waals surface area contributed by atoms with Crippen LogP contribution >= 0.6 is 0 Å². The van der Waals surface area contributed by atoms with E-state index >= 15 is 0 Å². The van der Waals surface area contributed by atoms with E-state index in [4.69, 9.17) is 4.99 Å². The van der Waals surface area contributed by atoms with Crippen LogP contribution in [-0.2, 0) is 0 Å². The quantitative estimate of drug-likeness (QED) is 0.315. The second-order valence-electron chi connectivity index (χ2n) is 10.4. The summed E-state index contributed by atoms with van der Waals surface area (Å²) in [5.74, 6) is 0. The first-order valence-corrected chi connectivity index (χ1v) is 13.8. The number of nitrogens with zero attached hydrogens (tertiary/aromatic N) is 3. The lowest BCUT2D eigenvalue weighted by molar-refractivity contribution is 0.704. The SMILES string of the molecule is CCN=C1C=CC(=C(c2ccc(N(CC)C(C)C)cc2)c2ccc(N3C(C)C3C)cc2)c2ccccc21. The summed E-state index contributed by atoms with van der Waals surface area (Å²) in [6.45, 7) is 15.2. The van der Waals surface area contributed by atoms with Gasteiger partial charge in [-0.05, 0) is 99.7 Å². The van der Waals surface area contributed by atoms with E-state index in [0.29, 0.717) is 18.1 Å². The average Bonchev–Trinajstić information content (AvgIpc) is 3.52. The van der Waals surface area contributed by atoms with Gasteiger partial charge in [0.2, 0.25) is 0 Å². The van der Waals surface area contributed by atoms with Crippen LogP contribution in [0.4, 0.5) is 11.4 Å². The first-order chi connectivity index (χ1) is 17.9. The van der Waals surface area contributed by atoms with Gasteiger partial charge in [-0.15, -0.1) is 0 Å². The van der Waals surface area contributed by atoms with Gasteiger partial charge in [0.1, 0.15) is 0 Å². The van der Waals surface area contributed by atoms with Crippen molar-refractivity contribution >= 4 is 28.2 Å². The van der Waals surface area contributed by atoms with E-state index in [9.17, 15) is 0 Å². The Hall–Kier alpha value is -3.59. The Kier molecular flexibility index (Phi) is 7.06. The fraction of sp³-hybridized carbons (Fsp3) is 0.324. The molecule has 1 aliphatic heterocycles. The molecular weight excluding hydrogens is 450 g/mol. The number of allylic oxidation sites excluding steroid dienone is 3. The molecule has 1 heterocycles. The maximum Gasteiger partial charge on any atom is 0.0652 e. The second-order valence-corrected chi connectivity index (χ2v) is 10.4. The summed E-state index contributed by atoms with van der Waals surface area (Å²) in [6, 6.07) is 28.6. The van der Waals surface area contributed by atoms with Gasteiger partial charge in [-0.25, -0.2) is 0 Å². The number of rotatable bonds is 7. The van der Waals surface area contributed by atoms with Crippen LogP contribution in [0.1, 0.15) is 63.8 Å². The molecule has 0 saturated carbocycles. The molecule has 0 amide bonds. The van der Waals surface area contributed by atoms with Crippen LogP contribution in [-0.4, -0.2) is 36.9 Å².